The molecule has 190 valence electrons. The summed E-state index contributed by atoms with van der Waals surface area (Å²) in [4.78, 5) is 37.8. The molecular formula is C22H27ClN4O7S. The fourth-order valence-corrected chi connectivity index (χ4v) is 4.34. The summed E-state index contributed by atoms with van der Waals surface area (Å²) in [6, 6.07) is 9.20. The molecule has 11 nitrogen and oxygen atoms in total. The van der Waals surface area contributed by atoms with Crippen molar-refractivity contribution in [2.24, 2.45) is 0 Å². The maximum atomic E-state index is 13.5. The monoisotopic (exact) mass is 526 g/mol. The molecule has 0 saturated carbocycles. The van der Waals surface area contributed by atoms with Crippen LogP contribution < -0.4 is 14.4 Å². The number of likely N-dealkylation sites (N-methyl/N-ethyl adjacent to an activating group) is 1. The zero-order valence-electron chi connectivity index (χ0n) is 19.7. The van der Waals surface area contributed by atoms with E-state index in [-0.39, 0.29) is 23.7 Å². The van der Waals surface area contributed by atoms with Crippen LogP contribution in [0.3, 0.4) is 0 Å². The van der Waals surface area contributed by atoms with Crippen molar-refractivity contribution >= 4 is 44.8 Å². The van der Waals surface area contributed by atoms with Gasteiger partial charge in [0.05, 0.1) is 18.3 Å². The molecule has 2 aromatic rings. The number of carbonyl (C=O) groups excluding carboxylic acids is 2. The number of nitro benzene ring substituents is 1. The van der Waals surface area contributed by atoms with Crippen LogP contribution in [0.25, 0.3) is 0 Å². The summed E-state index contributed by atoms with van der Waals surface area (Å²) in [6.07, 6.45) is 0.865. The molecule has 0 aromatic heterocycles. The zero-order chi connectivity index (χ0) is 26.3. The Morgan fingerprint density at radius 3 is 2.43 bits per heavy atom. The first kappa shape index (κ1) is 27.9. The molecule has 2 aromatic carbocycles. The first-order valence-electron chi connectivity index (χ1n) is 10.5. The molecule has 35 heavy (non-hydrogen) atoms. The van der Waals surface area contributed by atoms with Crippen molar-refractivity contribution in [2.45, 2.75) is 26.4 Å². The van der Waals surface area contributed by atoms with Gasteiger partial charge in [-0.25, -0.2) is 8.42 Å². The second-order valence-corrected chi connectivity index (χ2v) is 9.88. The van der Waals surface area contributed by atoms with Crippen LogP contribution in [0.4, 0.5) is 11.4 Å². The van der Waals surface area contributed by atoms with Gasteiger partial charge in [-0.15, -0.1) is 0 Å². The number of rotatable bonds is 11. The van der Waals surface area contributed by atoms with Gasteiger partial charge < -0.3 is 15.0 Å². The SMILES string of the molecule is CCNC(=O)C(C)N(Cc1ccccc1Cl)C(=O)CN(c1cc([N+](=O)[O-])ccc1OC)S(C)(=O)=O. The van der Waals surface area contributed by atoms with Gasteiger partial charge in [-0.2, -0.15) is 0 Å². The van der Waals surface area contributed by atoms with E-state index in [1.165, 1.54) is 25.0 Å². The molecular weight excluding hydrogens is 500 g/mol. The van der Waals surface area contributed by atoms with Gasteiger partial charge in [0, 0.05) is 30.2 Å². The Kier molecular flexibility index (Phi) is 9.43. The van der Waals surface area contributed by atoms with E-state index in [4.69, 9.17) is 16.3 Å². The van der Waals surface area contributed by atoms with Crippen molar-refractivity contribution in [1.82, 2.24) is 10.2 Å². The lowest BCUT2D eigenvalue weighted by Gasteiger charge is -2.31. The molecule has 0 bridgehead atoms. The average molecular weight is 527 g/mol. The second kappa shape index (κ2) is 11.8. The molecule has 13 heteroatoms. The second-order valence-electron chi connectivity index (χ2n) is 7.57. The van der Waals surface area contributed by atoms with E-state index >= 15 is 0 Å². The van der Waals surface area contributed by atoms with E-state index in [0.717, 1.165) is 18.4 Å². The molecule has 0 heterocycles. The van der Waals surface area contributed by atoms with Crippen molar-refractivity contribution in [2.75, 3.05) is 30.8 Å². The molecule has 1 atom stereocenters. The number of hydrogen-bond donors (Lipinski definition) is 1. The van der Waals surface area contributed by atoms with E-state index in [0.29, 0.717) is 21.4 Å². The topological polar surface area (TPSA) is 139 Å². The number of sulfonamides is 1. The number of halogens is 1. The smallest absolute Gasteiger partial charge is 0.271 e. The number of carbonyl (C=O) groups is 2. The van der Waals surface area contributed by atoms with Gasteiger partial charge in [-0.05, 0) is 31.5 Å². The standard InChI is InChI=1S/C22H27ClN4O7S/c1-5-24-22(29)15(2)25(13-16-8-6-7-9-18(16)23)21(28)14-26(35(4,32)33)19-12-17(27(30)31)10-11-20(19)34-3/h6-12,15H,5,13-14H2,1-4H3,(H,24,29). The third-order valence-corrected chi connectivity index (χ3v) is 6.63. The van der Waals surface area contributed by atoms with Crippen LogP contribution in [0.2, 0.25) is 5.02 Å². The Morgan fingerprint density at radius 1 is 1.23 bits per heavy atom. The quantitative estimate of drug-likeness (QED) is 0.350. The van der Waals surface area contributed by atoms with Crippen LogP contribution in [-0.4, -0.2) is 62.6 Å². The fourth-order valence-electron chi connectivity index (χ4n) is 3.30. The molecule has 1 unspecified atom stereocenters. The van der Waals surface area contributed by atoms with Gasteiger partial charge in [0.15, 0.2) is 0 Å². The van der Waals surface area contributed by atoms with E-state index in [1.807, 2.05) is 0 Å². The van der Waals surface area contributed by atoms with Gasteiger partial charge in [-0.1, -0.05) is 29.8 Å². The Labute approximate surface area is 208 Å². The normalized spacial score (nSPS) is 11.9. The van der Waals surface area contributed by atoms with Crippen LogP contribution in [-0.2, 0) is 26.2 Å². The number of amides is 2. The lowest BCUT2D eigenvalue weighted by Crippen LogP contribution is -2.51. The highest BCUT2D eigenvalue weighted by Crippen LogP contribution is 2.34. The molecule has 0 aliphatic heterocycles. The molecule has 2 amide bonds. The Balaban J connectivity index is 2.53. The third-order valence-electron chi connectivity index (χ3n) is 5.14. The third kappa shape index (κ3) is 7.06. The maximum absolute atomic E-state index is 13.5. The number of benzene rings is 2. The molecule has 0 radical (unpaired) electrons. The Morgan fingerprint density at radius 2 is 1.89 bits per heavy atom. The number of methoxy groups -OCH3 is 1. The van der Waals surface area contributed by atoms with E-state index < -0.39 is 39.3 Å². The van der Waals surface area contributed by atoms with Crippen molar-refractivity contribution in [3.63, 3.8) is 0 Å². The number of hydrogen-bond acceptors (Lipinski definition) is 7. The minimum Gasteiger partial charge on any atom is -0.495 e. The largest absolute Gasteiger partial charge is 0.495 e. The van der Waals surface area contributed by atoms with Crippen molar-refractivity contribution < 1.29 is 27.7 Å². The Hall–Kier alpha value is -3.38. The minimum absolute atomic E-state index is 0.0169. The zero-order valence-corrected chi connectivity index (χ0v) is 21.3. The van der Waals surface area contributed by atoms with Crippen LogP contribution >= 0.6 is 11.6 Å². The number of nitrogens with one attached hydrogen (secondary N) is 1. The predicted molar refractivity (Wildman–Crippen MR) is 132 cm³/mol. The van der Waals surface area contributed by atoms with Crippen molar-refractivity contribution in [1.29, 1.82) is 0 Å². The molecule has 0 aliphatic rings. The number of nitro groups is 1. The molecule has 0 aliphatic carbocycles. The van der Waals surface area contributed by atoms with Gasteiger partial charge in [0.25, 0.3) is 5.69 Å². The number of nitrogens with zero attached hydrogens (tertiary/aromatic N) is 3. The first-order valence-corrected chi connectivity index (χ1v) is 12.7. The highest BCUT2D eigenvalue weighted by molar-refractivity contribution is 7.92. The fraction of sp³-hybridized carbons (Fsp3) is 0.364. The number of ether oxygens (including phenoxy) is 1. The maximum Gasteiger partial charge on any atom is 0.271 e. The van der Waals surface area contributed by atoms with E-state index in [1.54, 1.807) is 31.2 Å². The summed E-state index contributed by atoms with van der Waals surface area (Å²) in [6.45, 7) is 2.77. The van der Waals surface area contributed by atoms with Crippen molar-refractivity contribution in [3.8, 4) is 5.75 Å². The first-order chi connectivity index (χ1) is 16.4. The van der Waals surface area contributed by atoms with Gasteiger partial charge >= 0.3 is 0 Å². The highest BCUT2D eigenvalue weighted by Gasteiger charge is 2.32. The summed E-state index contributed by atoms with van der Waals surface area (Å²) in [5, 5.41) is 14.3. The van der Waals surface area contributed by atoms with E-state index in [2.05, 4.69) is 5.32 Å². The summed E-state index contributed by atoms with van der Waals surface area (Å²) in [5.74, 6) is -1.14. The lowest BCUT2D eigenvalue weighted by molar-refractivity contribution is -0.384. The summed E-state index contributed by atoms with van der Waals surface area (Å²) >= 11 is 6.25. The molecule has 0 fully saturated rings. The summed E-state index contributed by atoms with van der Waals surface area (Å²) < 4.78 is 31.3. The summed E-state index contributed by atoms with van der Waals surface area (Å²) in [5.41, 5.74) is -0.0103. The van der Waals surface area contributed by atoms with Crippen LogP contribution in [0, 0.1) is 10.1 Å². The molecule has 2 rings (SSSR count). The average Bonchev–Trinajstić information content (AvgIpc) is 2.80. The van der Waals surface area contributed by atoms with E-state index in [9.17, 15) is 28.1 Å². The van der Waals surface area contributed by atoms with Crippen LogP contribution in [0.5, 0.6) is 5.75 Å². The summed E-state index contributed by atoms with van der Waals surface area (Å²) in [7, 11) is -2.83. The molecule has 1 N–H and O–H groups in total. The lowest BCUT2D eigenvalue weighted by atomic mass is 10.1. The minimum atomic E-state index is -4.10. The highest BCUT2D eigenvalue weighted by atomic mass is 35.5. The number of anilines is 1. The molecule has 0 saturated heterocycles. The van der Waals surface area contributed by atoms with Gasteiger partial charge in [0.2, 0.25) is 21.8 Å². The predicted octanol–water partition coefficient (Wildman–Crippen LogP) is 2.58. The molecule has 0 spiro atoms. The van der Waals surface area contributed by atoms with Crippen LogP contribution in [0.1, 0.15) is 19.4 Å². The van der Waals surface area contributed by atoms with Gasteiger partial charge in [0.1, 0.15) is 24.0 Å². The number of non-ortho nitro benzene ring substituents is 1. The van der Waals surface area contributed by atoms with Gasteiger partial charge in [-0.3, -0.25) is 24.0 Å². The Bertz CT molecular complexity index is 1210. The van der Waals surface area contributed by atoms with Crippen molar-refractivity contribution in [3.05, 3.63) is 63.2 Å². The van der Waals surface area contributed by atoms with Crippen LogP contribution in [0.15, 0.2) is 42.5 Å².